The number of carbonyl (C=O) groups excluding carboxylic acids is 2. The van der Waals surface area contributed by atoms with Gasteiger partial charge in [0.25, 0.3) is 5.91 Å². The number of imidazole rings is 1. The number of nitrogens with one attached hydrogen (secondary N) is 3. The van der Waals surface area contributed by atoms with Gasteiger partial charge in [-0.05, 0) is 36.2 Å². The molecule has 2 amide bonds. The predicted molar refractivity (Wildman–Crippen MR) is 112 cm³/mol. The van der Waals surface area contributed by atoms with Crippen LogP contribution >= 0.6 is 11.8 Å². The van der Waals surface area contributed by atoms with Crippen LogP contribution in [0.15, 0.2) is 47.4 Å². The van der Waals surface area contributed by atoms with Crippen LogP contribution in [0.2, 0.25) is 0 Å². The molecular weight excluding hydrogens is 372 g/mol. The minimum absolute atomic E-state index is 0.0221. The summed E-state index contributed by atoms with van der Waals surface area (Å²) >= 11 is 1.62. The van der Waals surface area contributed by atoms with Crippen molar-refractivity contribution in [2.24, 2.45) is 5.92 Å². The molecule has 1 aliphatic heterocycles. The molecule has 1 unspecified atom stereocenters. The van der Waals surface area contributed by atoms with E-state index in [9.17, 15) is 9.59 Å². The highest BCUT2D eigenvalue weighted by Crippen LogP contribution is 2.32. The molecule has 3 N–H and O–H groups in total. The van der Waals surface area contributed by atoms with Gasteiger partial charge < -0.3 is 15.6 Å². The van der Waals surface area contributed by atoms with Crippen LogP contribution in [-0.2, 0) is 4.79 Å². The first-order valence-corrected chi connectivity index (χ1v) is 10.3. The second kappa shape index (κ2) is 7.67. The van der Waals surface area contributed by atoms with Gasteiger partial charge in [-0.2, -0.15) is 0 Å². The highest BCUT2D eigenvalue weighted by Gasteiger charge is 2.23. The highest BCUT2D eigenvalue weighted by molar-refractivity contribution is 7.99. The lowest BCUT2D eigenvalue weighted by Gasteiger charge is -2.20. The van der Waals surface area contributed by atoms with Crippen molar-refractivity contribution in [2.45, 2.75) is 31.2 Å². The van der Waals surface area contributed by atoms with Crippen LogP contribution in [0.4, 0.5) is 5.69 Å². The fraction of sp³-hybridized carbons (Fsp3) is 0.286. The van der Waals surface area contributed by atoms with Crippen molar-refractivity contribution in [3.8, 4) is 0 Å². The van der Waals surface area contributed by atoms with Gasteiger partial charge in [0.05, 0.1) is 22.8 Å². The van der Waals surface area contributed by atoms with Crippen LogP contribution in [0.3, 0.4) is 0 Å². The first-order chi connectivity index (χ1) is 13.5. The molecule has 4 rings (SSSR count). The molecule has 6 nitrogen and oxygen atoms in total. The normalized spacial score (nSPS) is 15.0. The molecule has 2 heterocycles. The summed E-state index contributed by atoms with van der Waals surface area (Å²) < 4.78 is 0. The van der Waals surface area contributed by atoms with Crippen molar-refractivity contribution < 1.29 is 9.59 Å². The maximum absolute atomic E-state index is 12.9. The molecule has 2 aromatic carbocycles. The van der Waals surface area contributed by atoms with E-state index in [2.05, 4.69) is 20.6 Å². The topological polar surface area (TPSA) is 86.9 Å². The number of rotatable bonds is 4. The first-order valence-electron chi connectivity index (χ1n) is 9.33. The Balaban J connectivity index is 1.59. The van der Waals surface area contributed by atoms with Crippen molar-refractivity contribution in [1.29, 1.82) is 0 Å². The van der Waals surface area contributed by atoms with E-state index < -0.39 is 0 Å². The number of aromatic amines is 1. The number of carbonyl (C=O) groups is 2. The molecule has 144 valence electrons. The molecule has 0 saturated heterocycles. The summed E-state index contributed by atoms with van der Waals surface area (Å²) in [6, 6.07) is 13.0. The van der Waals surface area contributed by atoms with Gasteiger partial charge in [0.1, 0.15) is 5.82 Å². The predicted octanol–water partition coefficient (Wildman–Crippen LogP) is 4.12. The lowest BCUT2D eigenvalue weighted by atomic mass is 10.0. The number of para-hydroxylation sites is 2. The van der Waals surface area contributed by atoms with Gasteiger partial charge in [0.15, 0.2) is 0 Å². The minimum Gasteiger partial charge on any atom is -0.342 e. The van der Waals surface area contributed by atoms with Gasteiger partial charge in [-0.15, -0.1) is 11.8 Å². The molecule has 1 atom stereocenters. The maximum Gasteiger partial charge on any atom is 0.251 e. The van der Waals surface area contributed by atoms with E-state index in [1.165, 1.54) is 0 Å². The van der Waals surface area contributed by atoms with Gasteiger partial charge >= 0.3 is 0 Å². The summed E-state index contributed by atoms with van der Waals surface area (Å²) in [6.07, 6.45) is 0.475. The second-order valence-corrected chi connectivity index (χ2v) is 8.33. The van der Waals surface area contributed by atoms with E-state index in [1.807, 2.05) is 44.2 Å². The number of hydrogen-bond acceptors (Lipinski definition) is 4. The van der Waals surface area contributed by atoms with Crippen molar-refractivity contribution in [3.63, 3.8) is 0 Å². The van der Waals surface area contributed by atoms with Crippen LogP contribution in [0.5, 0.6) is 0 Å². The number of hydrogen-bond donors (Lipinski definition) is 3. The summed E-state index contributed by atoms with van der Waals surface area (Å²) in [7, 11) is 0. The van der Waals surface area contributed by atoms with Crippen LogP contribution in [-0.4, -0.2) is 27.5 Å². The van der Waals surface area contributed by atoms with Crippen LogP contribution in [0.25, 0.3) is 11.0 Å². The number of anilines is 1. The molecule has 0 aliphatic carbocycles. The van der Waals surface area contributed by atoms with E-state index >= 15 is 0 Å². The molecule has 0 radical (unpaired) electrons. The number of aromatic nitrogens is 2. The van der Waals surface area contributed by atoms with E-state index in [-0.39, 0.29) is 23.8 Å². The zero-order valence-corrected chi connectivity index (χ0v) is 16.6. The number of fused-ring (bicyclic) bond motifs is 2. The molecule has 1 aromatic heterocycles. The molecule has 28 heavy (non-hydrogen) atoms. The summed E-state index contributed by atoms with van der Waals surface area (Å²) in [6.45, 7) is 4.10. The quantitative estimate of drug-likeness (QED) is 0.621. The number of nitrogens with zero attached hydrogens (tertiary/aromatic N) is 1. The third-order valence-corrected chi connectivity index (χ3v) is 5.83. The summed E-state index contributed by atoms with van der Waals surface area (Å²) in [5.74, 6) is 1.42. The van der Waals surface area contributed by atoms with Gasteiger partial charge in [-0.3, -0.25) is 9.59 Å². The van der Waals surface area contributed by atoms with Crippen LogP contribution in [0, 0.1) is 5.92 Å². The number of benzene rings is 2. The van der Waals surface area contributed by atoms with Gasteiger partial charge in [0, 0.05) is 22.6 Å². The number of amides is 2. The summed E-state index contributed by atoms with van der Waals surface area (Å²) in [5.41, 5.74) is 3.04. The Morgan fingerprint density at radius 3 is 2.82 bits per heavy atom. The summed E-state index contributed by atoms with van der Waals surface area (Å²) in [5, 5.41) is 5.98. The minimum atomic E-state index is -0.248. The third kappa shape index (κ3) is 3.75. The first kappa shape index (κ1) is 18.6. The molecule has 7 heteroatoms. The molecule has 1 aliphatic rings. The van der Waals surface area contributed by atoms with Gasteiger partial charge in [0.2, 0.25) is 5.91 Å². The number of H-pyrrole nitrogens is 1. The van der Waals surface area contributed by atoms with Gasteiger partial charge in [-0.1, -0.05) is 26.0 Å². The average Bonchev–Trinajstić information content (AvgIpc) is 3.00. The van der Waals surface area contributed by atoms with Crippen LogP contribution < -0.4 is 10.6 Å². The standard InChI is InChI=1S/C21H22N4O2S/c1-12(2)19(20-23-14-5-3-4-6-15(14)24-20)25-21(27)13-7-8-17-16(11-13)22-18(26)9-10-28-17/h3-8,11-12,19H,9-10H2,1-2H3,(H,22,26)(H,23,24)(H,25,27). The molecule has 0 bridgehead atoms. The summed E-state index contributed by atoms with van der Waals surface area (Å²) in [4.78, 5) is 33.7. The lowest BCUT2D eigenvalue weighted by Crippen LogP contribution is -2.32. The maximum atomic E-state index is 12.9. The Kier molecular flexibility index (Phi) is 5.09. The Morgan fingerprint density at radius 2 is 2.04 bits per heavy atom. The van der Waals surface area contributed by atoms with Crippen molar-refractivity contribution in [2.75, 3.05) is 11.1 Å². The van der Waals surface area contributed by atoms with E-state index in [1.54, 1.807) is 23.9 Å². The second-order valence-electron chi connectivity index (χ2n) is 7.19. The molecule has 0 spiro atoms. The third-order valence-electron chi connectivity index (χ3n) is 4.76. The van der Waals surface area contributed by atoms with E-state index in [0.717, 1.165) is 27.5 Å². The fourth-order valence-corrected chi connectivity index (χ4v) is 4.19. The van der Waals surface area contributed by atoms with Crippen LogP contribution in [0.1, 0.15) is 42.5 Å². The van der Waals surface area contributed by atoms with Gasteiger partial charge in [-0.25, -0.2) is 4.98 Å². The Bertz CT molecular complexity index is 1010. The highest BCUT2D eigenvalue weighted by atomic mass is 32.2. The van der Waals surface area contributed by atoms with Crippen molar-refractivity contribution in [1.82, 2.24) is 15.3 Å². The fourth-order valence-electron chi connectivity index (χ4n) is 3.26. The molecule has 0 fully saturated rings. The monoisotopic (exact) mass is 394 g/mol. The zero-order valence-electron chi connectivity index (χ0n) is 15.8. The Morgan fingerprint density at radius 1 is 1.21 bits per heavy atom. The smallest absolute Gasteiger partial charge is 0.251 e. The largest absolute Gasteiger partial charge is 0.342 e. The molecule has 0 saturated carbocycles. The number of thioether (sulfide) groups is 1. The molecular formula is C21H22N4O2S. The Hall–Kier alpha value is -2.80. The lowest BCUT2D eigenvalue weighted by molar-refractivity contribution is -0.115. The van der Waals surface area contributed by atoms with E-state index in [0.29, 0.717) is 17.7 Å². The van der Waals surface area contributed by atoms with E-state index in [4.69, 9.17) is 0 Å². The SMILES string of the molecule is CC(C)C(NC(=O)c1ccc2c(c1)NC(=O)CCS2)c1nc2ccccc2[nH]1. The van der Waals surface area contributed by atoms with Crippen molar-refractivity contribution >= 4 is 40.3 Å². The van der Waals surface area contributed by atoms with Crippen molar-refractivity contribution in [3.05, 3.63) is 53.9 Å². The molecule has 3 aromatic rings. The zero-order chi connectivity index (χ0) is 19.7. The average molecular weight is 395 g/mol. The Labute approximate surface area is 167 Å².